The van der Waals surface area contributed by atoms with Crippen molar-refractivity contribution in [1.82, 2.24) is 0 Å². The average molecular weight is 203 g/mol. The molecule has 0 unspecified atom stereocenters. The molecule has 0 aromatic heterocycles. The summed E-state index contributed by atoms with van der Waals surface area (Å²) in [5.41, 5.74) is 0.848. The van der Waals surface area contributed by atoms with Gasteiger partial charge in [0.1, 0.15) is 5.75 Å². The van der Waals surface area contributed by atoms with Crippen LogP contribution in [0.5, 0.6) is 5.75 Å². The number of nitrogens with zero attached hydrogens (tertiary/aromatic N) is 1. The summed E-state index contributed by atoms with van der Waals surface area (Å²) in [6.07, 6.45) is 0.862. The molecule has 0 saturated carbocycles. The number of phenols is 1. The number of nitriles is 1. The second-order valence-electron chi connectivity index (χ2n) is 4.61. The van der Waals surface area contributed by atoms with Crippen molar-refractivity contribution in [3.05, 3.63) is 29.8 Å². The van der Waals surface area contributed by atoms with E-state index in [9.17, 15) is 0 Å². The number of hydrogen-bond acceptors (Lipinski definition) is 2. The highest BCUT2D eigenvalue weighted by Crippen LogP contribution is 2.28. The van der Waals surface area contributed by atoms with Gasteiger partial charge in [0.25, 0.3) is 0 Å². The lowest BCUT2D eigenvalue weighted by Crippen LogP contribution is -2.21. The van der Waals surface area contributed by atoms with Gasteiger partial charge in [0.15, 0.2) is 0 Å². The number of hydrogen-bond donors (Lipinski definition) is 1. The minimum Gasteiger partial charge on any atom is -0.508 e. The second-order valence-corrected chi connectivity index (χ2v) is 4.61. The molecule has 1 rings (SSSR count). The maximum Gasteiger partial charge on any atom is 0.115 e. The summed E-state index contributed by atoms with van der Waals surface area (Å²) in [7, 11) is 0. The fourth-order valence-electron chi connectivity index (χ4n) is 1.35. The van der Waals surface area contributed by atoms with E-state index in [-0.39, 0.29) is 11.2 Å². The van der Waals surface area contributed by atoms with E-state index in [1.165, 1.54) is 0 Å². The Morgan fingerprint density at radius 3 is 2.33 bits per heavy atom. The zero-order valence-electron chi connectivity index (χ0n) is 9.49. The third kappa shape index (κ3) is 2.99. The highest BCUT2D eigenvalue weighted by atomic mass is 16.3. The summed E-state index contributed by atoms with van der Waals surface area (Å²) in [6, 6.07) is 9.49. The van der Waals surface area contributed by atoms with Gasteiger partial charge in [-0.05, 0) is 43.9 Å². The van der Waals surface area contributed by atoms with E-state index >= 15 is 0 Å². The molecule has 15 heavy (non-hydrogen) atoms. The Morgan fingerprint density at radius 1 is 1.33 bits per heavy atom. The summed E-state index contributed by atoms with van der Waals surface area (Å²) in [5, 5.41) is 18.1. The fraction of sp³-hybridized carbons (Fsp3) is 0.462. The molecule has 2 heteroatoms. The van der Waals surface area contributed by atoms with Gasteiger partial charge in [0, 0.05) is 0 Å². The first kappa shape index (κ1) is 11.6. The molecule has 0 saturated heterocycles. The van der Waals surface area contributed by atoms with Crippen molar-refractivity contribution in [2.24, 2.45) is 11.3 Å². The summed E-state index contributed by atoms with van der Waals surface area (Å²) >= 11 is 0. The van der Waals surface area contributed by atoms with Crippen molar-refractivity contribution in [3.8, 4) is 11.8 Å². The zero-order valence-corrected chi connectivity index (χ0v) is 9.49. The molecule has 0 bridgehead atoms. The van der Waals surface area contributed by atoms with Gasteiger partial charge in [0.2, 0.25) is 0 Å². The lowest BCUT2D eigenvalue weighted by molar-refractivity contribution is 0.316. The van der Waals surface area contributed by atoms with Gasteiger partial charge in [-0.3, -0.25) is 0 Å². The molecule has 1 N–H and O–H groups in total. The molecule has 0 spiro atoms. The molecule has 80 valence electrons. The second kappa shape index (κ2) is 4.35. The van der Waals surface area contributed by atoms with Crippen molar-refractivity contribution in [2.75, 3.05) is 0 Å². The maximum absolute atomic E-state index is 9.14. The van der Waals surface area contributed by atoms with Crippen LogP contribution in [-0.2, 0) is 6.42 Å². The first-order chi connectivity index (χ1) is 6.95. The largest absolute Gasteiger partial charge is 0.508 e. The van der Waals surface area contributed by atoms with E-state index in [2.05, 4.69) is 13.0 Å². The SMILES string of the molecule is C[C@H](Cc1ccc(O)cc1)C(C)(C)C#N. The van der Waals surface area contributed by atoms with Crippen LogP contribution in [0, 0.1) is 22.7 Å². The standard InChI is InChI=1S/C13H17NO/c1-10(13(2,3)9-14)8-11-4-6-12(15)7-5-11/h4-7,10,15H,8H2,1-3H3/t10-/m1/s1. The number of phenolic OH excluding ortho intramolecular Hbond substituents is 1. The molecule has 0 amide bonds. The van der Waals surface area contributed by atoms with Gasteiger partial charge in [0.05, 0.1) is 11.5 Å². The van der Waals surface area contributed by atoms with Crippen LogP contribution in [0.3, 0.4) is 0 Å². The van der Waals surface area contributed by atoms with Crippen LogP contribution in [0.2, 0.25) is 0 Å². The zero-order chi connectivity index (χ0) is 11.5. The minimum atomic E-state index is -0.308. The van der Waals surface area contributed by atoms with Crippen LogP contribution >= 0.6 is 0 Å². The average Bonchev–Trinajstić information content (AvgIpc) is 2.21. The third-order valence-electron chi connectivity index (χ3n) is 3.00. The topological polar surface area (TPSA) is 44.0 Å². The molecule has 0 radical (unpaired) electrons. The molecule has 0 heterocycles. The van der Waals surface area contributed by atoms with E-state index in [4.69, 9.17) is 10.4 Å². The molecule has 1 aromatic carbocycles. The first-order valence-corrected chi connectivity index (χ1v) is 5.15. The Bertz CT molecular complexity index is 359. The quantitative estimate of drug-likeness (QED) is 0.820. The predicted molar refractivity (Wildman–Crippen MR) is 60.4 cm³/mol. The van der Waals surface area contributed by atoms with Crippen molar-refractivity contribution < 1.29 is 5.11 Å². The maximum atomic E-state index is 9.14. The van der Waals surface area contributed by atoms with E-state index in [0.29, 0.717) is 5.92 Å². The van der Waals surface area contributed by atoms with Crippen LogP contribution in [0.4, 0.5) is 0 Å². The summed E-state index contributed by atoms with van der Waals surface area (Å²) in [6.45, 7) is 5.99. The lowest BCUT2D eigenvalue weighted by Gasteiger charge is -2.24. The molecule has 0 aliphatic rings. The summed E-state index contributed by atoms with van der Waals surface area (Å²) in [4.78, 5) is 0. The molecule has 1 atom stereocenters. The van der Waals surface area contributed by atoms with Gasteiger partial charge in [-0.1, -0.05) is 19.1 Å². The number of rotatable bonds is 3. The number of aromatic hydroxyl groups is 1. The van der Waals surface area contributed by atoms with E-state index in [0.717, 1.165) is 12.0 Å². The van der Waals surface area contributed by atoms with Crippen LogP contribution in [0.1, 0.15) is 26.3 Å². The molecule has 1 aromatic rings. The lowest BCUT2D eigenvalue weighted by atomic mass is 9.78. The Labute approximate surface area is 91.2 Å². The van der Waals surface area contributed by atoms with Crippen LogP contribution < -0.4 is 0 Å². The smallest absolute Gasteiger partial charge is 0.115 e. The number of benzene rings is 1. The Morgan fingerprint density at radius 2 is 1.87 bits per heavy atom. The van der Waals surface area contributed by atoms with E-state index < -0.39 is 0 Å². The molecular formula is C13H17NO. The van der Waals surface area contributed by atoms with Crippen molar-refractivity contribution in [1.29, 1.82) is 5.26 Å². The van der Waals surface area contributed by atoms with Gasteiger partial charge < -0.3 is 5.11 Å². The van der Waals surface area contributed by atoms with Crippen LogP contribution in [0.25, 0.3) is 0 Å². The van der Waals surface area contributed by atoms with Crippen molar-refractivity contribution in [3.63, 3.8) is 0 Å². The monoisotopic (exact) mass is 203 g/mol. The normalized spacial score (nSPS) is 13.2. The van der Waals surface area contributed by atoms with E-state index in [1.54, 1.807) is 12.1 Å². The van der Waals surface area contributed by atoms with Gasteiger partial charge in [-0.25, -0.2) is 0 Å². The highest BCUT2D eigenvalue weighted by molar-refractivity contribution is 5.26. The Balaban J connectivity index is 2.71. The summed E-state index contributed by atoms with van der Waals surface area (Å²) in [5.74, 6) is 0.581. The predicted octanol–water partition coefficient (Wildman–Crippen LogP) is 3.12. The molecule has 2 nitrogen and oxygen atoms in total. The summed E-state index contributed by atoms with van der Waals surface area (Å²) < 4.78 is 0. The minimum absolute atomic E-state index is 0.283. The van der Waals surface area contributed by atoms with Crippen molar-refractivity contribution >= 4 is 0 Å². The molecule has 0 aliphatic heterocycles. The van der Waals surface area contributed by atoms with Crippen LogP contribution in [0.15, 0.2) is 24.3 Å². The Kier molecular flexibility index (Phi) is 3.36. The Hall–Kier alpha value is -1.49. The van der Waals surface area contributed by atoms with Crippen molar-refractivity contribution in [2.45, 2.75) is 27.2 Å². The van der Waals surface area contributed by atoms with Crippen LogP contribution in [-0.4, -0.2) is 5.11 Å². The van der Waals surface area contributed by atoms with Gasteiger partial charge in [-0.15, -0.1) is 0 Å². The highest BCUT2D eigenvalue weighted by Gasteiger charge is 2.25. The molecular weight excluding hydrogens is 186 g/mol. The molecule has 0 fully saturated rings. The first-order valence-electron chi connectivity index (χ1n) is 5.15. The fourth-order valence-corrected chi connectivity index (χ4v) is 1.35. The van der Waals surface area contributed by atoms with Gasteiger partial charge >= 0.3 is 0 Å². The molecule has 0 aliphatic carbocycles. The van der Waals surface area contributed by atoms with E-state index in [1.807, 2.05) is 26.0 Å². The third-order valence-corrected chi connectivity index (χ3v) is 3.00. The van der Waals surface area contributed by atoms with Gasteiger partial charge in [-0.2, -0.15) is 5.26 Å².